The van der Waals surface area contributed by atoms with Crippen molar-refractivity contribution in [3.8, 4) is 5.69 Å². The van der Waals surface area contributed by atoms with Crippen LogP contribution in [0.5, 0.6) is 0 Å². The molecule has 1 amide bonds. The van der Waals surface area contributed by atoms with Gasteiger partial charge >= 0.3 is 0 Å². The van der Waals surface area contributed by atoms with Gasteiger partial charge in [-0.1, -0.05) is 37.6 Å². The van der Waals surface area contributed by atoms with Gasteiger partial charge in [-0.2, -0.15) is 0 Å². The van der Waals surface area contributed by atoms with E-state index >= 15 is 0 Å². The Hall–Kier alpha value is -3.19. The predicted molar refractivity (Wildman–Crippen MR) is 109 cm³/mol. The zero-order chi connectivity index (χ0) is 21.2. The van der Waals surface area contributed by atoms with Crippen LogP contribution in [0.3, 0.4) is 0 Å². The number of carbonyl (C=O) groups is 1. The molecule has 2 aromatic carbocycles. The first kappa shape index (κ1) is 20.5. The molecule has 0 aliphatic heterocycles. The lowest BCUT2D eigenvalue weighted by molar-refractivity contribution is 0.0945. The third-order valence-electron chi connectivity index (χ3n) is 4.54. The van der Waals surface area contributed by atoms with E-state index in [0.717, 1.165) is 16.8 Å². The number of hydrogen-bond donors (Lipinski definition) is 2. The van der Waals surface area contributed by atoms with Gasteiger partial charge in [0.25, 0.3) is 17.0 Å². The molecule has 2 N–H and O–H groups in total. The van der Waals surface area contributed by atoms with Crippen molar-refractivity contribution in [2.24, 2.45) is 0 Å². The second-order valence-corrected chi connectivity index (χ2v) is 7.63. The molecule has 1 heterocycles. The molecule has 6 nitrogen and oxygen atoms in total. The summed E-state index contributed by atoms with van der Waals surface area (Å²) in [6.07, 6.45) is 0. The lowest BCUT2D eigenvalue weighted by atomic mass is 9.84. The summed E-state index contributed by atoms with van der Waals surface area (Å²) in [5.74, 6) is -0.783. The minimum Gasteiger partial charge on any atom is -0.351 e. The van der Waals surface area contributed by atoms with Crippen LogP contribution in [0.15, 0.2) is 64.2 Å². The average molecular weight is 416 g/mol. The Bertz CT molecular complexity index is 1180. The Balaban J connectivity index is 1.80. The fraction of sp³-hybridized carbons (Fsp3) is 0.190. The van der Waals surface area contributed by atoms with E-state index in [1.165, 1.54) is 18.2 Å². The van der Waals surface area contributed by atoms with Crippen LogP contribution >= 0.6 is 11.6 Å². The maximum absolute atomic E-state index is 13.3. The number of hydrogen-bond acceptors (Lipinski definition) is 3. The Morgan fingerprint density at radius 1 is 1.14 bits per heavy atom. The van der Waals surface area contributed by atoms with E-state index in [1.807, 2.05) is 13.8 Å². The molecule has 0 fully saturated rings. The summed E-state index contributed by atoms with van der Waals surface area (Å²) < 4.78 is 14.4. The van der Waals surface area contributed by atoms with Crippen molar-refractivity contribution in [2.45, 2.75) is 19.3 Å². The molecule has 0 saturated heterocycles. The third-order valence-corrected chi connectivity index (χ3v) is 4.85. The summed E-state index contributed by atoms with van der Waals surface area (Å²) in [4.78, 5) is 36.1. The smallest absolute Gasteiger partial charge is 0.269 e. The van der Waals surface area contributed by atoms with Crippen LogP contribution in [0, 0.1) is 5.82 Å². The van der Waals surface area contributed by atoms with Gasteiger partial charge in [0, 0.05) is 34.7 Å². The molecule has 0 spiro atoms. The number of amides is 1. The molecule has 8 heteroatoms. The number of carbonyl (C=O) groups excluding carboxylic acids is 1. The number of aromatic nitrogens is 2. The standard InChI is InChI=1S/C21H19ClFN3O3/c1-21(2,16-7-6-14(23)11-17(16)22)12-24-20(29)13-4-3-5-15(10-13)26-19(28)9-8-18(27)25-26/h3-11H,12H2,1-2H3,(H,24,29)(H,25,27). The number of aromatic amines is 1. The van der Waals surface area contributed by atoms with Crippen LogP contribution in [0.25, 0.3) is 5.69 Å². The molecular weight excluding hydrogens is 397 g/mol. The van der Waals surface area contributed by atoms with Gasteiger partial charge in [-0.15, -0.1) is 0 Å². The minimum atomic E-state index is -0.542. The van der Waals surface area contributed by atoms with Crippen molar-refractivity contribution in [3.63, 3.8) is 0 Å². The lowest BCUT2D eigenvalue weighted by Crippen LogP contribution is -2.37. The topological polar surface area (TPSA) is 84.0 Å². The molecule has 0 aliphatic rings. The maximum atomic E-state index is 13.3. The van der Waals surface area contributed by atoms with Crippen LogP contribution in [0.1, 0.15) is 29.8 Å². The highest BCUT2D eigenvalue weighted by molar-refractivity contribution is 6.31. The van der Waals surface area contributed by atoms with E-state index in [0.29, 0.717) is 21.8 Å². The predicted octanol–water partition coefficient (Wildman–Crippen LogP) is 3.03. The molecule has 0 unspecified atom stereocenters. The van der Waals surface area contributed by atoms with Crippen molar-refractivity contribution >= 4 is 17.5 Å². The van der Waals surface area contributed by atoms with E-state index in [1.54, 1.807) is 24.3 Å². The van der Waals surface area contributed by atoms with Crippen molar-refractivity contribution < 1.29 is 9.18 Å². The van der Waals surface area contributed by atoms with Crippen LogP contribution in [0.2, 0.25) is 5.02 Å². The zero-order valence-electron chi connectivity index (χ0n) is 15.8. The van der Waals surface area contributed by atoms with E-state index in [-0.39, 0.29) is 12.5 Å². The molecule has 0 radical (unpaired) electrons. The van der Waals surface area contributed by atoms with Gasteiger partial charge in [0.2, 0.25) is 0 Å². The maximum Gasteiger partial charge on any atom is 0.269 e. The average Bonchev–Trinajstić information content (AvgIpc) is 2.68. The summed E-state index contributed by atoms with van der Waals surface area (Å²) in [7, 11) is 0. The van der Waals surface area contributed by atoms with Gasteiger partial charge in [0.05, 0.1) is 5.69 Å². The van der Waals surface area contributed by atoms with Gasteiger partial charge in [-0.05, 0) is 35.9 Å². The first-order chi connectivity index (χ1) is 13.7. The molecule has 0 aliphatic carbocycles. The van der Waals surface area contributed by atoms with E-state index < -0.39 is 22.4 Å². The monoisotopic (exact) mass is 415 g/mol. The summed E-state index contributed by atoms with van der Waals surface area (Å²) in [5, 5.41) is 5.54. The van der Waals surface area contributed by atoms with Crippen LogP contribution < -0.4 is 16.4 Å². The normalized spacial score (nSPS) is 11.3. The second kappa shape index (κ2) is 8.05. The molecule has 150 valence electrons. The number of halogens is 2. The van der Waals surface area contributed by atoms with Crippen LogP contribution in [-0.2, 0) is 5.41 Å². The van der Waals surface area contributed by atoms with Gasteiger partial charge in [-0.25, -0.2) is 9.07 Å². The number of benzene rings is 2. The number of nitrogens with one attached hydrogen (secondary N) is 2. The minimum absolute atomic E-state index is 0.254. The van der Waals surface area contributed by atoms with Crippen molar-refractivity contribution in [3.05, 3.63) is 97.3 Å². The molecule has 0 saturated carbocycles. The van der Waals surface area contributed by atoms with Gasteiger partial charge < -0.3 is 5.32 Å². The van der Waals surface area contributed by atoms with E-state index in [9.17, 15) is 18.8 Å². The van der Waals surface area contributed by atoms with E-state index in [2.05, 4.69) is 10.4 Å². The Morgan fingerprint density at radius 3 is 2.62 bits per heavy atom. The highest BCUT2D eigenvalue weighted by atomic mass is 35.5. The zero-order valence-corrected chi connectivity index (χ0v) is 16.6. The fourth-order valence-electron chi connectivity index (χ4n) is 2.94. The molecular formula is C21H19ClFN3O3. The van der Waals surface area contributed by atoms with Gasteiger partial charge in [-0.3, -0.25) is 19.5 Å². The largest absolute Gasteiger partial charge is 0.351 e. The number of H-pyrrole nitrogens is 1. The Labute approximate surface area is 170 Å². The lowest BCUT2D eigenvalue weighted by Gasteiger charge is -2.26. The molecule has 29 heavy (non-hydrogen) atoms. The molecule has 0 bridgehead atoms. The van der Waals surface area contributed by atoms with Crippen molar-refractivity contribution in [1.29, 1.82) is 0 Å². The van der Waals surface area contributed by atoms with Gasteiger partial charge in [0.1, 0.15) is 5.82 Å². The van der Waals surface area contributed by atoms with Crippen LogP contribution in [0.4, 0.5) is 4.39 Å². The van der Waals surface area contributed by atoms with Crippen LogP contribution in [-0.4, -0.2) is 22.2 Å². The highest BCUT2D eigenvalue weighted by Crippen LogP contribution is 2.30. The Kier molecular flexibility index (Phi) is 5.70. The van der Waals surface area contributed by atoms with Gasteiger partial charge in [0.15, 0.2) is 0 Å². The highest BCUT2D eigenvalue weighted by Gasteiger charge is 2.24. The first-order valence-corrected chi connectivity index (χ1v) is 9.22. The summed E-state index contributed by atoms with van der Waals surface area (Å²) in [6, 6.07) is 12.8. The number of nitrogens with zero attached hydrogens (tertiary/aromatic N) is 1. The third kappa shape index (κ3) is 4.63. The quantitative estimate of drug-likeness (QED) is 0.671. The van der Waals surface area contributed by atoms with E-state index in [4.69, 9.17) is 11.6 Å². The summed E-state index contributed by atoms with van der Waals surface area (Å²) in [6.45, 7) is 4.03. The number of rotatable bonds is 5. The molecule has 3 rings (SSSR count). The SMILES string of the molecule is CC(C)(CNC(=O)c1cccc(-n2[nH]c(=O)ccc2=O)c1)c1ccc(F)cc1Cl. The summed E-state index contributed by atoms with van der Waals surface area (Å²) >= 11 is 6.15. The van der Waals surface area contributed by atoms with Crippen molar-refractivity contribution in [1.82, 2.24) is 15.1 Å². The fourth-order valence-corrected chi connectivity index (χ4v) is 3.36. The first-order valence-electron chi connectivity index (χ1n) is 8.84. The second-order valence-electron chi connectivity index (χ2n) is 7.22. The summed E-state index contributed by atoms with van der Waals surface area (Å²) in [5.41, 5.74) is -0.00409. The molecule has 1 aromatic heterocycles. The van der Waals surface area contributed by atoms with Crippen molar-refractivity contribution in [2.75, 3.05) is 6.54 Å². The molecule has 0 atom stereocenters. The Morgan fingerprint density at radius 2 is 1.90 bits per heavy atom. The molecule has 3 aromatic rings.